The van der Waals surface area contributed by atoms with Gasteiger partial charge in [-0.1, -0.05) is 0 Å². The summed E-state index contributed by atoms with van der Waals surface area (Å²) in [5.41, 5.74) is 5.39. The number of alkyl halides is 3. The molecule has 0 atom stereocenters. The van der Waals surface area contributed by atoms with Crippen molar-refractivity contribution in [3.8, 4) is 5.75 Å². The van der Waals surface area contributed by atoms with Gasteiger partial charge in [-0.05, 0) is 12.1 Å². The van der Waals surface area contributed by atoms with E-state index in [-0.39, 0.29) is 16.3 Å². The molecular formula is C10H12F3NO4S. The van der Waals surface area contributed by atoms with Crippen molar-refractivity contribution in [2.24, 2.45) is 0 Å². The Morgan fingerprint density at radius 3 is 2.47 bits per heavy atom. The summed E-state index contributed by atoms with van der Waals surface area (Å²) in [6.07, 6.45) is -4.59. The second-order valence-electron chi connectivity index (χ2n) is 3.60. The van der Waals surface area contributed by atoms with Gasteiger partial charge < -0.3 is 15.2 Å². The van der Waals surface area contributed by atoms with E-state index in [0.29, 0.717) is 0 Å². The molecule has 108 valence electrons. The van der Waals surface area contributed by atoms with Crippen LogP contribution in [0.25, 0.3) is 0 Å². The molecule has 0 unspecified atom stereocenters. The summed E-state index contributed by atoms with van der Waals surface area (Å²) in [5.74, 6) is -0.882. The van der Waals surface area contributed by atoms with Gasteiger partial charge in [-0.25, -0.2) is 8.42 Å². The predicted molar refractivity (Wildman–Crippen MR) is 61.5 cm³/mol. The van der Waals surface area contributed by atoms with Crippen LogP contribution in [0.3, 0.4) is 0 Å². The van der Waals surface area contributed by atoms with Gasteiger partial charge in [-0.2, -0.15) is 13.2 Å². The highest BCUT2D eigenvalue weighted by Crippen LogP contribution is 2.25. The van der Waals surface area contributed by atoms with Crippen molar-refractivity contribution in [2.45, 2.75) is 11.1 Å². The van der Waals surface area contributed by atoms with Gasteiger partial charge in [0.05, 0.1) is 17.7 Å². The maximum Gasteiger partial charge on any atom is 0.411 e. The Morgan fingerprint density at radius 2 is 1.95 bits per heavy atom. The molecule has 9 heteroatoms. The van der Waals surface area contributed by atoms with Crippen molar-refractivity contribution in [3.05, 3.63) is 18.2 Å². The Labute approximate surface area is 108 Å². The van der Waals surface area contributed by atoms with E-state index in [1.165, 1.54) is 19.2 Å². The summed E-state index contributed by atoms with van der Waals surface area (Å²) in [4.78, 5) is -0.325. The van der Waals surface area contributed by atoms with E-state index in [1.54, 1.807) is 0 Å². The van der Waals surface area contributed by atoms with E-state index in [9.17, 15) is 21.6 Å². The molecule has 0 aliphatic heterocycles. The minimum atomic E-state index is -4.59. The van der Waals surface area contributed by atoms with Crippen LogP contribution in [-0.2, 0) is 14.6 Å². The van der Waals surface area contributed by atoms with Gasteiger partial charge in [-0.15, -0.1) is 0 Å². The molecule has 5 nitrogen and oxygen atoms in total. The van der Waals surface area contributed by atoms with Crippen LogP contribution in [0.15, 0.2) is 23.1 Å². The topological polar surface area (TPSA) is 78.6 Å². The summed E-state index contributed by atoms with van der Waals surface area (Å²) in [6, 6.07) is 3.85. The fourth-order valence-electron chi connectivity index (χ4n) is 1.24. The first-order valence-corrected chi connectivity index (χ1v) is 6.62. The molecule has 0 aliphatic carbocycles. The molecule has 0 aliphatic rings. The van der Waals surface area contributed by atoms with Crippen molar-refractivity contribution in [3.63, 3.8) is 0 Å². The number of nitrogens with two attached hydrogens (primary N) is 1. The third kappa shape index (κ3) is 4.60. The van der Waals surface area contributed by atoms with E-state index in [1.807, 2.05) is 0 Å². The molecule has 0 amide bonds. The molecule has 0 spiro atoms. The fourth-order valence-corrected chi connectivity index (χ4v) is 2.39. The number of nitrogen functional groups attached to an aromatic ring is 1. The zero-order valence-corrected chi connectivity index (χ0v) is 10.7. The van der Waals surface area contributed by atoms with Gasteiger partial charge in [0.15, 0.2) is 5.94 Å². The molecule has 0 heterocycles. The van der Waals surface area contributed by atoms with Gasteiger partial charge in [0.2, 0.25) is 9.84 Å². The van der Waals surface area contributed by atoms with E-state index >= 15 is 0 Å². The third-order valence-corrected chi connectivity index (χ3v) is 3.56. The number of sulfone groups is 1. The first-order valence-electron chi connectivity index (χ1n) is 4.96. The van der Waals surface area contributed by atoms with Gasteiger partial charge in [0.1, 0.15) is 12.4 Å². The highest BCUT2D eigenvalue weighted by molar-refractivity contribution is 7.91. The van der Waals surface area contributed by atoms with Crippen LogP contribution >= 0.6 is 0 Å². The molecule has 1 aromatic rings. The molecule has 1 rings (SSSR count). The maximum atomic E-state index is 11.9. The molecule has 0 saturated heterocycles. The molecule has 0 aromatic heterocycles. The molecular weight excluding hydrogens is 287 g/mol. The molecule has 0 fully saturated rings. The molecule has 0 saturated carbocycles. The molecule has 2 N–H and O–H groups in total. The Morgan fingerprint density at radius 1 is 1.32 bits per heavy atom. The Bertz CT molecular complexity index is 542. The van der Waals surface area contributed by atoms with Gasteiger partial charge in [0, 0.05) is 6.07 Å². The number of ether oxygens (including phenoxy) is 2. The quantitative estimate of drug-likeness (QED) is 0.835. The lowest BCUT2D eigenvalue weighted by atomic mass is 10.3. The van der Waals surface area contributed by atoms with Crippen LogP contribution in [0.5, 0.6) is 5.75 Å². The average molecular weight is 299 g/mol. The van der Waals surface area contributed by atoms with Gasteiger partial charge >= 0.3 is 6.18 Å². The number of hydrogen-bond donors (Lipinski definition) is 1. The predicted octanol–water partition coefficient (Wildman–Crippen LogP) is 1.59. The van der Waals surface area contributed by atoms with Crippen molar-refractivity contribution in [2.75, 3.05) is 25.4 Å². The highest BCUT2D eigenvalue weighted by atomic mass is 32.2. The van der Waals surface area contributed by atoms with Crippen molar-refractivity contribution < 1.29 is 31.1 Å². The lowest BCUT2D eigenvalue weighted by molar-refractivity contribution is -0.169. The van der Waals surface area contributed by atoms with Crippen molar-refractivity contribution >= 4 is 15.5 Å². The first-order chi connectivity index (χ1) is 8.65. The molecule has 1 aromatic carbocycles. The monoisotopic (exact) mass is 299 g/mol. The van der Waals surface area contributed by atoms with E-state index < -0.39 is 28.6 Å². The maximum absolute atomic E-state index is 11.9. The smallest absolute Gasteiger partial charge is 0.411 e. The lowest BCUT2D eigenvalue weighted by Gasteiger charge is -2.11. The Balaban J connectivity index is 2.88. The Hall–Kier alpha value is -1.48. The number of benzene rings is 1. The number of anilines is 1. The van der Waals surface area contributed by atoms with E-state index in [0.717, 1.165) is 6.07 Å². The van der Waals surface area contributed by atoms with Gasteiger partial charge in [-0.3, -0.25) is 0 Å². The minimum absolute atomic E-state index is 0.0867. The third-order valence-electron chi connectivity index (χ3n) is 2.06. The van der Waals surface area contributed by atoms with Crippen molar-refractivity contribution in [1.29, 1.82) is 0 Å². The van der Waals surface area contributed by atoms with E-state index in [4.69, 9.17) is 10.5 Å². The second kappa shape index (κ2) is 5.66. The zero-order chi connectivity index (χ0) is 14.7. The zero-order valence-electron chi connectivity index (χ0n) is 9.90. The van der Waals surface area contributed by atoms with E-state index in [2.05, 4.69) is 4.74 Å². The van der Waals surface area contributed by atoms with Crippen LogP contribution in [0.1, 0.15) is 0 Å². The van der Waals surface area contributed by atoms with Crippen LogP contribution in [0.4, 0.5) is 18.9 Å². The minimum Gasteiger partial charge on any atom is -0.497 e. The van der Waals surface area contributed by atoms with Crippen LogP contribution in [0.2, 0.25) is 0 Å². The van der Waals surface area contributed by atoms with Crippen LogP contribution < -0.4 is 10.5 Å². The fraction of sp³-hybridized carbons (Fsp3) is 0.400. The van der Waals surface area contributed by atoms with Crippen molar-refractivity contribution in [1.82, 2.24) is 0 Å². The summed E-state index contributed by atoms with van der Waals surface area (Å²) in [5, 5.41) is 0. The highest BCUT2D eigenvalue weighted by Gasteiger charge is 2.29. The number of hydrogen-bond acceptors (Lipinski definition) is 5. The summed E-state index contributed by atoms with van der Waals surface area (Å²) in [6.45, 7) is -1.64. The Kier molecular flexibility index (Phi) is 4.64. The number of halogens is 3. The second-order valence-corrected chi connectivity index (χ2v) is 5.51. The number of rotatable bonds is 5. The van der Waals surface area contributed by atoms with Gasteiger partial charge in [0.25, 0.3) is 0 Å². The SMILES string of the molecule is COc1ccc(N)c(S(=O)(=O)COCC(F)(F)F)c1. The number of methoxy groups -OCH3 is 1. The normalized spacial score (nSPS) is 12.4. The first kappa shape index (κ1) is 15.6. The lowest BCUT2D eigenvalue weighted by Crippen LogP contribution is -2.21. The average Bonchev–Trinajstić information content (AvgIpc) is 2.27. The molecule has 0 radical (unpaired) electrons. The largest absolute Gasteiger partial charge is 0.497 e. The van der Waals surface area contributed by atoms with Crippen LogP contribution in [-0.4, -0.2) is 34.2 Å². The standard InChI is InChI=1S/C10H12F3NO4S/c1-17-7-2-3-8(14)9(4-7)19(15,16)6-18-5-10(11,12)13/h2-4H,5-6,14H2,1H3. The summed E-state index contributed by atoms with van der Waals surface area (Å²) in [7, 11) is -2.75. The summed E-state index contributed by atoms with van der Waals surface area (Å²) < 4.78 is 68.1. The van der Waals surface area contributed by atoms with Crippen LogP contribution in [0, 0.1) is 0 Å². The molecule has 19 heavy (non-hydrogen) atoms. The molecule has 0 bridgehead atoms. The summed E-state index contributed by atoms with van der Waals surface area (Å²) >= 11 is 0.